The summed E-state index contributed by atoms with van der Waals surface area (Å²) in [6.45, 7) is 5.13. The van der Waals surface area contributed by atoms with Crippen molar-refractivity contribution in [3.05, 3.63) is 70.3 Å². The van der Waals surface area contributed by atoms with E-state index in [4.69, 9.17) is 5.11 Å². The molecule has 0 spiro atoms. The van der Waals surface area contributed by atoms with Crippen molar-refractivity contribution in [2.45, 2.75) is 46.0 Å². The summed E-state index contributed by atoms with van der Waals surface area (Å²) in [6.07, 6.45) is 4.76. The number of carbonyl (C=O) groups excluding carboxylic acids is 2. The van der Waals surface area contributed by atoms with Crippen molar-refractivity contribution in [3.8, 4) is 0 Å². The lowest BCUT2D eigenvalue weighted by Crippen LogP contribution is -2.24. The van der Waals surface area contributed by atoms with Gasteiger partial charge in [0.05, 0.1) is 0 Å². The molecule has 26 heavy (non-hydrogen) atoms. The number of ketones is 2. The first kappa shape index (κ1) is 19.6. The zero-order valence-electron chi connectivity index (χ0n) is 15.4. The minimum absolute atomic E-state index is 0.0606. The first-order valence-electron chi connectivity index (χ1n) is 8.76. The fraction of sp³-hybridized carbons (Fsp3) is 0.318. The number of rotatable bonds is 7. The molecule has 0 aromatic heterocycles. The van der Waals surface area contributed by atoms with Crippen LogP contribution in [0.5, 0.6) is 0 Å². The maximum absolute atomic E-state index is 12.9. The summed E-state index contributed by atoms with van der Waals surface area (Å²) in [5.41, 5.74) is 3.13. The summed E-state index contributed by atoms with van der Waals surface area (Å²) < 4.78 is 0. The topological polar surface area (TPSA) is 71.4 Å². The third-order valence-electron chi connectivity index (χ3n) is 4.91. The second-order valence-electron chi connectivity index (χ2n) is 6.58. The molecule has 4 heteroatoms. The Labute approximate surface area is 153 Å². The fourth-order valence-corrected chi connectivity index (χ4v) is 3.32. The van der Waals surface area contributed by atoms with Gasteiger partial charge in [-0.05, 0) is 45.6 Å². The predicted octanol–water partition coefficient (Wildman–Crippen LogP) is 4.39. The van der Waals surface area contributed by atoms with Crippen molar-refractivity contribution in [3.63, 3.8) is 0 Å². The number of benzene rings is 1. The molecule has 1 unspecified atom stereocenters. The smallest absolute Gasteiger partial charge is 0.327 e. The first-order valence-corrected chi connectivity index (χ1v) is 8.76. The zero-order valence-corrected chi connectivity index (χ0v) is 15.4. The van der Waals surface area contributed by atoms with Gasteiger partial charge in [-0.15, -0.1) is 0 Å². The Morgan fingerprint density at radius 2 is 1.62 bits per heavy atom. The monoisotopic (exact) mass is 352 g/mol. The minimum atomic E-state index is -0.965. The molecule has 0 aliphatic heterocycles. The van der Waals surface area contributed by atoms with E-state index in [0.717, 1.165) is 18.1 Å². The van der Waals surface area contributed by atoms with Crippen LogP contribution in [0.15, 0.2) is 64.8 Å². The number of hydrogen-bond donors (Lipinski definition) is 1. The Bertz CT molecular complexity index is 810. The number of Topliss-reactive ketones (excluding diaryl/α,β-unsaturated/α-hetero) is 2. The average molecular weight is 352 g/mol. The first-order chi connectivity index (χ1) is 12.3. The molecule has 1 aliphatic carbocycles. The summed E-state index contributed by atoms with van der Waals surface area (Å²) in [5, 5.41) is 8.67. The Kier molecular flexibility index (Phi) is 6.45. The van der Waals surface area contributed by atoms with E-state index in [1.54, 1.807) is 26.8 Å². The number of carboxylic acids is 1. The second kappa shape index (κ2) is 8.56. The summed E-state index contributed by atoms with van der Waals surface area (Å²) >= 11 is 0. The van der Waals surface area contributed by atoms with Gasteiger partial charge in [-0.1, -0.05) is 36.4 Å². The van der Waals surface area contributed by atoms with Gasteiger partial charge < -0.3 is 5.11 Å². The van der Waals surface area contributed by atoms with Gasteiger partial charge in [0, 0.05) is 34.3 Å². The van der Waals surface area contributed by atoms with E-state index in [1.807, 2.05) is 30.3 Å². The molecule has 0 heterocycles. The van der Waals surface area contributed by atoms with E-state index < -0.39 is 5.97 Å². The van der Waals surface area contributed by atoms with Crippen LogP contribution in [0, 0.1) is 0 Å². The molecule has 0 radical (unpaired) electrons. The van der Waals surface area contributed by atoms with Gasteiger partial charge in [-0.3, -0.25) is 9.59 Å². The predicted molar refractivity (Wildman–Crippen MR) is 101 cm³/mol. The Hall–Kier alpha value is -2.75. The Morgan fingerprint density at radius 3 is 2.23 bits per heavy atom. The average Bonchev–Trinajstić information content (AvgIpc) is 2.63. The molecule has 1 aromatic rings. The Balaban J connectivity index is 2.34. The molecule has 1 aromatic carbocycles. The highest BCUT2D eigenvalue weighted by atomic mass is 16.4. The molecule has 1 aliphatic rings. The number of allylic oxidation sites excluding steroid dienone is 5. The van der Waals surface area contributed by atoms with Crippen molar-refractivity contribution < 1.29 is 19.5 Å². The highest BCUT2D eigenvalue weighted by molar-refractivity contribution is 6.25. The zero-order chi connectivity index (χ0) is 19.3. The molecule has 0 amide bonds. The van der Waals surface area contributed by atoms with Crippen LogP contribution < -0.4 is 0 Å². The number of carbonyl (C=O) groups is 3. The van der Waals surface area contributed by atoms with E-state index in [-0.39, 0.29) is 17.5 Å². The summed E-state index contributed by atoms with van der Waals surface area (Å²) in [6, 6.07) is 9.70. The van der Waals surface area contributed by atoms with Gasteiger partial charge in [-0.2, -0.15) is 0 Å². The third-order valence-corrected chi connectivity index (χ3v) is 4.91. The van der Waals surface area contributed by atoms with Crippen LogP contribution in [-0.4, -0.2) is 22.6 Å². The fourth-order valence-electron chi connectivity index (χ4n) is 3.32. The lowest BCUT2D eigenvalue weighted by atomic mass is 9.76. The quantitative estimate of drug-likeness (QED) is 0.449. The molecular weight excluding hydrogens is 328 g/mol. The molecule has 1 N–H and O–H groups in total. The van der Waals surface area contributed by atoms with Crippen LogP contribution in [0.1, 0.15) is 51.5 Å². The molecule has 136 valence electrons. The summed E-state index contributed by atoms with van der Waals surface area (Å²) in [4.78, 5) is 36.0. The maximum Gasteiger partial charge on any atom is 0.327 e. The molecule has 0 saturated heterocycles. The van der Waals surface area contributed by atoms with Gasteiger partial charge in [0.25, 0.3) is 0 Å². The number of unbranched alkanes of at least 4 members (excludes halogenated alkanes) is 1. The molecule has 0 fully saturated rings. The van der Waals surface area contributed by atoms with Gasteiger partial charge in [0.15, 0.2) is 11.6 Å². The van der Waals surface area contributed by atoms with Crippen LogP contribution in [0.4, 0.5) is 0 Å². The van der Waals surface area contributed by atoms with E-state index in [2.05, 4.69) is 0 Å². The SMILES string of the molecule is CC1=C(C)C(=O)C(C(CCCC=CC(=O)O)c2ccccc2)=C(C)C1=O. The molecule has 2 rings (SSSR count). The van der Waals surface area contributed by atoms with Crippen LogP contribution in [0.2, 0.25) is 0 Å². The van der Waals surface area contributed by atoms with Crippen LogP contribution in [0.3, 0.4) is 0 Å². The highest BCUT2D eigenvalue weighted by Gasteiger charge is 2.32. The van der Waals surface area contributed by atoms with Gasteiger partial charge in [-0.25, -0.2) is 4.79 Å². The number of hydrogen-bond acceptors (Lipinski definition) is 3. The standard InChI is InChI=1S/C22H24O4/c1-14-15(2)22(26)20(16(3)21(14)25)18(17-10-6-4-7-11-17)12-8-5-9-13-19(23)24/h4,6-7,9-11,13,18H,5,8,12H2,1-3H3,(H,23,24). The summed E-state index contributed by atoms with van der Waals surface area (Å²) in [5.74, 6) is -1.26. The molecule has 4 nitrogen and oxygen atoms in total. The molecule has 0 saturated carbocycles. The number of aliphatic carboxylic acids is 1. The lowest BCUT2D eigenvalue weighted by molar-refractivity contribution is -0.131. The van der Waals surface area contributed by atoms with Crippen LogP contribution in [0.25, 0.3) is 0 Å². The van der Waals surface area contributed by atoms with Crippen molar-refractivity contribution in [2.24, 2.45) is 0 Å². The van der Waals surface area contributed by atoms with Gasteiger partial charge in [0.2, 0.25) is 0 Å². The second-order valence-corrected chi connectivity index (χ2v) is 6.58. The molecular formula is C22H24O4. The number of carboxylic acid groups (broad SMARTS) is 1. The van der Waals surface area contributed by atoms with Crippen LogP contribution in [-0.2, 0) is 14.4 Å². The third kappa shape index (κ3) is 4.26. The van der Waals surface area contributed by atoms with Gasteiger partial charge in [0.1, 0.15) is 0 Å². The van der Waals surface area contributed by atoms with Crippen LogP contribution >= 0.6 is 0 Å². The van der Waals surface area contributed by atoms with E-state index in [9.17, 15) is 14.4 Å². The maximum atomic E-state index is 12.9. The summed E-state index contributed by atoms with van der Waals surface area (Å²) in [7, 11) is 0. The van der Waals surface area contributed by atoms with E-state index in [0.29, 0.717) is 35.1 Å². The van der Waals surface area contributed by atoms with Crippen molar-refractivity contribution in [1.29, 1.82) is 0 Å². The van der Waals surface area contributed by atoms with Gasteiger partial charge >= 0.3 is 5.97 Å². The lowest BCUT2D eigenvalue weighted by Gasteiger charge is -2.26. The largest absolute Gasteiger partial charge is 0.478 e. The van der Waals surface area contributed by atoms with E-state index in [1.165, 1.54) is 0 Å². The van der Waals surface area contributed by atoms with E-state index >= 15 is 0 Å². The molecule has 1 atom stereocenters. The van der Waals surface area contributed by atoms with Crippen molar-refractivity contribution in [2.75, 3.05) is 0 Å². The highest BCUT2D eigenvalue weighted by Crippen LogP contribution is 2.37. The van der Waals surface area contributed by atoms with Crippen molar-refractivity contribution in [1.82, 2.24) is 0 Å². The molecule has 0 bridgehead atoms. The minimum Gasteiger partial charge on any atom is -0.478 e. The Morgan fingerprint density at radius 1 is 1.00 bits per heavy atom. The normalized spacial score (nSPS) is 16.6. The van der Waals surface area contributed by atoms with Crippen molar-refractivity contribution >= 4 is 17.5 Å².